The number of benzene rings is 3. The van der Waals surface area contributed by atoms with Gasteiger partial charge in [-0.25, -0.2) is 4.98 Å². The third kappa shape index (κ3) is 7.15. The van der Waals surface area contributed by atoms with Crippen LogP contribution >= 0.6 is 15.9 Å². The van der Waals surface area contributed by atoms with Crippen LogP contribution in [0.1, 0.15) is 55.6 Å². The van der Waals surface area contributed by atoms with Crippen LogP contribution in [0.5, 0.6) is 11.5 Å². The number of amides is 1. The summed E-state index contributed by atoms with van der Waals surface area (Å²) in [5.41, 5.74) is 3.55. The van der Waals surface area contributed by atoms with Crippen molar-refractivity contribution in [1.82, 2.24) is 9.66 Å². The van der Waals surface area contributed by atoms with Crippen LogP contribution in [-0.2, 0) is 11.2 Å². The molecule has 1 amide bonds. The van der Waals surface area contributed by atoms with Gasteiger partial charge in [0.1, 0.15) is 5.82 Å². The zero-order valence-electron chi connectivity index (χ0n) is 24.3. The number of fused-ring (bicyclic) bond motifs is 1. The minimum atomic E-state index is -0.283. The van der Waals surface area contributed by atoms with Crippen LogP contribution in [0.25, 0.3) is 10.9 Å². The van der Waals surface area contributed by atoms with Gasteiger partial charge in [-0.3, -0.25) is 9.59 Å². The highest BCUT2D eigenvalue weighted by molar-refractivity contribution is 9.10. The molecule has 0 aliphatic carbocycles. The van der Waals surface area contributed by atoms with Gasteiger partial charge in [-0.05, 0) is 74.2 Å². The molecule has 4 rings (SSSR count). The molecule has 0 radical (unpaired) electrons. The maximum atomic E-state index is 13.5. The number of halogens is 1. The number of carbonyl (C=O) groups is 1. The molecule has 9 heteroatoms. The summed E-state index contributed by atoms with van der Waals surface area (Å²) >= 11 is 3.45. The Morgan fingerprint density at radius 2 is 1.95 bits per heavy atom. The first-order valence-corrected chi connectivity index (χ1v) is 14.7. The van der Waals surface area contributed by atoms with E-state index in [0.717, 1.165) is 27.7 Å². The van der Waals surface area contributed by atoms with Gasteiger partial charge in [0.25, 0.3) is 11.5 Å². The number of rotatable bonds is 12. The molecule has 0 unspecified atom stereocenters. The molecular weight excluding hydrogens is 596 g/mol. The molecule has 1 N–H and O–H groups in total. The Balaban J connectivity index is 1.69. The lowest BCUT2D eigenvalue weighted by atomic mass is 10.1. The van der Waals surface area contributed by atoms with Gasteiger partial charge in [0, 0.05) is 21.6 Å². The topological polar surface area (TPSA) is 94.8 Å². The summed E-state index contributed by atoms with van der Waals surface area (Å²) in [7, 11) is 0. The molecule has 0 spiro atoms. The van der Waals surface area contributed by atoms with Crippen molar-refractivity contribution in [3.05, 3.63) is 105 Å². The first kappa shape index (κ1) is 30.7. The third-order valence-corrected chi connectivity index (χ3v) is 7.29. The number of hydrogen-bond donors (Lipinski definition) is 1. The van der Waals surface area contributed by atoms with Crippen LogP contribution in [0.2, 0.25) is 0 Å². The summed E-state index contributed by atoms with van der Waals surface area (Å²) in [6.07, 6.45) is 4.64. The summed E-state index contributed by atoms with van der Waals surface area (Å²) in [5.74, 6) is 1.25. The fourth-order valence-corrected chi connectivity index (χ4v) is 4.79. The highest BCUT2D eigenvalue weighted by atomic mass is 79.9. The van der Waals surface area contributed by atoms with Gasteiger partial charge in [-0.1, -0.05) is 54.1 Å². The summed E-state index contributed by atoms with van der Waals surface area (Å²) in [5, 5.41) is 7.96. The second-order valence-corrected chi connectivity index (χ2v) is 10.8. The number of nitrogens with zero attached hydrogens (tertiary/aromatic N) is 3. The second kappa shape index (κ2) is 14.1. The van der Waals surface area contributed by atoms with Crippen molar-refractivity contribution in [2.45, 2.75) is 46.5 Å². The highest BCUT2D eigenvalue weighted by Gasteiger charge is 2.17. The molecule has 1 aromatic heterocycles. The Morgan fingerprint density at radius 1 is 1.17 bits per heavy atom. The monoisotopic (exact) mass is 630 g/mol. The predicted octanol–water partition coefficient (Wildman–Crippen LogP) is 7.01. The molecule has 0 aliphatic heterocycles. The lowest BCUT2D eigenvalue weighted by molar-refractivity contribution is -0.118. The largest absolute Gasteiger partial charge is 0.490 e. The van der Waals surface area contributed by atoms with E-state index in [1.54, 1.807) is 24.4 Å². The van der Waals surface area contributed by atoms with Crippen LogP contribution in [0.15, 0.2) is 81.6 Å². The van der Waals surface area contributed by atoms with Crippen LogP contribution in [0, 0.1) is 6.92 Å². The van der Waals surface area contributed by atoms with Crippen molar-refractivity contribution in [2.75, 3.05) is 18.5 Å². The van der Waals surface area contributed by atoms with E-state index in [4.69, 9.17) is 14.5 Å². The van der Waals surface area contributed by atoms with Crippen LogP contribution < -0.4 is 20.3 Å². The van der Waals surface area contributed by atoms with E-state index in [9.17, 15) is 9.59 Å². The van der Waals surface area contributed by atoms with Gasteiger partial charge in [-0.2, -0.15) is 9.78 Å². The van der Waals surface area contributed by atoms with E-state index in [1.165, 1.54) is 4.68 Å². The molecule has 42 heavy (non-hydrogen) atoms. The third-order valence-electron chi connectivity index (χ3n) is 6.79. The number of anilines is 1. The van der Waals surface area contributed by atoms with Gasteiger partial charge in [0.05, 0.1) is 23.7 Å². The van der Waals surface area contributed by atoms with E-state index in [-0.39, 0.29) is 24.0 Å². The smallest absolute Gasteiger partial charge is 0.282 e. The lowest BCUT2D eigenvalue weighted by Crippen LogP contribution is -2.23. The molecule has 0 bridgehead atoms. The van der Waals surface area contributed by atoms with E-state index in [2.05, 4.69) is 32.9 Å². The Kier molecular flexibility index (Phi) is 10.3. The van der Waals surface area contributed by atoms with Crippen molar-refractivity contribution in [2.24, 2.45) is 5.10 Å². The zero-order chi connectivity index (χ0) is 30.2. The van der Waals surface area contributed by atoms with E-state index in [1.807, 2.05) is 70.2 Å². The quantitative estimate of drug-likeness (QED) is 0.134. The molecule has 0 aliphatic rings. The first-order chi connectivity index (χ1) is 20.2. The van der Waals surface area contributed by atoms with E-state index < -0.39 is 0 Å². The van der Waals surface area contributed by atoms with Gasteiger partial charge in [0.2, 0.25) is 0 Å². The second-order valence-electron chi connectivity index (χ2n) is 9.89. The molecular formula is C33H35BrN4O4. The maximum Gasteiger partial charge on any atom is 0.282 e. The zero-order valence-corrected chi connectivity index (χ0v) is 25.9. The van der Waals surface area contributed by atoms with Crippen molar-refractivity contribution in [3.8, 4) is 11.5 Å². The molecule has 4 aromatic rings. The molecule has 3 aromatic carbocycles. The Hall–Kier alpha value is -4.24. The van der Waals surface area contributed by atoms with E-state index in [0.29, 0.717) is 46.8 Å². The fourth-order valence-electron chi connectivity index (χ4n) is 4.43. The Bertz CT molecular complexity index is 1700. The Labute approximate surface area is 254 Å². The molecule has 0 fully saturated rings. The number of ether oxygens (including phenoxy) is 2. The number of aromatic nitrogens is 2. The molecule has 1 atom stereocenters. The van der Waals surface area contributed by atoms with E-state index >= 15 is 0 Å². The van der Waals surface area contributed by atoms with Crippen LogP contribution in [0.4, 0.5) is 5.69 Å². The van der Waals surface area contributed by atoms with Gasteiger partial charge in [-0.15, -0.1) is 6.58 Å². The minimum Gasteiger partial charge on any atom is -0.490 e. The van der Waals surface area contributed by atoms with Gasteiger partial charge < -0.3 is 14.8 Å². The maximum absolute atomic E-state index is 13.5. The fraction of sp³-hybridized carbons (Fsp3) is 0.273. The first-order valence-electron chi connectivity index (χ1n) is 13.9. The number of carbonyl (C=O) groups excluding carboxylic acids is 1. The van der Waals surface area contributed by atoms with Gasteiger partial charge in [0.15, 0.2) is 18.1 Å². The number of aryl methyl sites for hydroxylation is 1. The van der Waals surface area contributed by atoms with Crippen molar-refractivity contribution in [3.63, 3.8) is 0 Å². The molecule has 1 heterocycles. The summed E-state index contributed by atoms with van der Waals surface area (Å²) in [6, 6.07) is 16.7. The normalized spacial score (nSPS) is 11.9. The number of hydrogen-bond acceptors (Lipinski definition) is 6. The molecule has 218 valence electrons. The van der Waals surface area contributed by atoms with Gasteiger partial charge >= 0.3 is 0 Å². The number of nitrogens with one attached hydrogen (secondary N) is 1. The lowest BCUT2D eigenvalue weighted by Gasteiger charge is -2.17. The summed E-state index contributed by atoms with van der Waals surface area (Å²) < 4.78 is 14.1. The SMILES string of the molecule is C=CCc1cc(C=Nn2c([C@H](C)CC)nc3ccc(Br)cc3c2=O)cc(OCC)c1OCC(=O)Nc1ccccc1C. The van der Waals surface area contributed by atoms with Crippen LogP contribution in [0.3, 0.4) is 0 Å². The van der Waals surface area contributed by atoms with Crippen LogP contribution in [-0.4, -0.2) is 35.0 Å². The number of allylic oxidation sites excluding steroid dienone is 1. The summed E-state index contributed by atoms with van der Waals surface area (Å²) in [4.78, 5) is 31.0. The Morgan fingerprint density at radius 3 is 2.67 bits per heavy atom. The highest BCUT2D eigenvalue weighted by Crippen LogP contribution is 2.34. The van der Waals surface area contributed by atoms with Crippen molar-refractivity contribution >= 4 is 44.6 Å². The summed E-state index contributed by atoms with van der Waals surface area (Å²) in [6.45, 7) is 11.9. The average molecular weight is 632 g/mol. The van der Waals surface area contributed by atoms with Crippen molar-refractivity contribution in [1.29, 1.82) is 0 Å². The number of para-hydroxylation sites is 1. The molecule has 8 nitrogen and oxygen atoms in total. The molecule has 0 saturated heterocycles. The standard InChI is InChI=1S/C33H35BrN4O4/c1-6-11-24-16-23(17-29(41-8-3)31(24)42-20-30(39)36-27-13-10-9-12-22(27)5)19-35-38-32(21(4)7-2)37-28-15-14-25(34)18-26(28)33(38)40/h6,9-10,12-19,21H,1,7-8,11,20H2,2-5H3,(H,36,39)/t21-/m1/s1. The predicted molar refractivity (Wildman–Crippen MR) is 172 cm³/mol. The minimum absolute atomic E-state index is 0.0137. The average Bonchev–Trinajstić information content (AvgIpc) is 2.97. The molecule has 0 saturated carbocycles. The van der Waals surface area contributed by atoms with Crippen molar-refractivity contribution < 1.29 is 14.3 Å².